The van der Waals surface area contributed by atoms with E-state index in [0.717, 1.165) is 0 Å². The molecule has 2 nitrogen and oxygen atoms in total. The van der Waals surface area contributed by atoms with Crippen molar-refractivity contribution in [2.24, 2.45) is 0 Å². The Balaban J connectivity index is 2.40. The van der Waals surface area contributed by atoms with Crippen molar-refractivity contribution in [3.63, 3.8) is 0 Å². The molecule has 1 unspecified atom stereocenters. The van der Waals surface area contributed by atoms with Crippen LogP contribution in [0.2, 0.25) is 0 Å². The Labute approximate surface area is 51.5 Å². The first-order valence-corrected chi connectivity index (χ1v) is 3.29. The molecule has 7 heavy (non-hydrogen) atoms. The number of carbonyl (C=O) groups is 1. The molecule has 0 spiro atoms. The number of nitrogens with one attached hydrogen (secondary N) is 1. The minimum atomic E-state index is 0.0347. The minimum absolute atomic E-state index is 0.0347. The highest BCUT2D eigenvalue weighted by atomic mass is 32.2. The van der Waals surface area contributed by atoms with E-state index < -0.39 is 0 Å². The smallest absolute Gasteiger partial charge is 0.205 e. The lowest BCUT2D eigenvalue weighted by Gasteiger charge is -1.91. The Kier molecular flexibility index (Phi) is 1.61. The van der Waals surface area contributed by atoms with Gasteiger partial charge in [0.2, 0.25) is 5.12 Å². The van der Waals surface area contributed by atoms with Gasteiger partial charge in [0.05, 0.1) is 6.54 Å². The van der Waals surface area contributed by atoms with Crippen LogP contribution in [0, 0.1) is 0 Å². The first-order chi connectivity index (χ1) is 3.29. The van der Waals surface area contributed by atoms with Gasteiger partial charge < -0.3 is 0 Å². The molecule has 0 aromatic carbocycles. The molecule has 40 valence electrons. The lowest BCUT2D eigenvalue weighted by molar-refractivity contribution is -0.109. The van der Waals surface area contributed by atoms with Gasteiger partial charge in [-0.1, -0.05) is 11.8 Å². The van der Waals surface area contributed by atoms with Crippen LogP contribution in [0.15, 0.2) is 0 Å². The van der Waals surface area contributed by atoms with Crippen molar-refractivity contribution in [2.75, 3.05) is 6.54 Å². The van der Waals surface area contributed by atoms with Gasteiger partial charge >= 0.3 is 0 Å². The molecule has 0 aliphatic carbocycles. The van der Waals surface area contributed by atoms with Crippen molar-refractivity contribution in [1.29, 1.82) is 0 Å². The molecule has 1 saturated heterocycles. The first kappa shape index (κ1) is 5.47. The molecular formula is C3H5NOS2. The molecule has 0 bridgehead atoms. The van der Waals surface area contributed by atoms with E-state index in [1.165, 1.54) is 11.8 Å². The van der Waals surface area contributed by atoms with Crippen LogP contribution >= 0.6 is 24.4 Å². The number of hydrogen-bond donors (Lipinski definition) is 2. The van der Waals surface area contributed by atoms with E-state index in [-0.39, 0.29) is 9.82 Å². The topological polar surface area (TPSA) is 29.1 Å². The maximum Gasteiger partial charge on any atom is 0.205 e. The van der Waals surface area contributed by atoms with Gasteiger partial charge in [-0.25, -0.2) is 0 Å². The summed E-state index contributed by atoms with van der Waals surface area (Å²) in [6.45, 7) is 0.471. The third-order valence-corrected chi connectivity index (χ3v) is 1.96. The van der Waals surface area contributed by atoms with Gasteiger partial charge in [-0.15, -0.1) is 12.6 Å². The van der Waals surface area contributed by atoms with Crippen LogP contribution in [-0.2, 0) is 4.79 Å². The van der Waals surface area contributed by atoms with Crippen molar-refractivity contribution in [3.8, 4) is 0 Å². The Hall–Kier alpha value is 0.330. The average molecular weight is 135 g/mol. The van der Waals surface area contributed by atoms with E-state index >= 15 is 0 Å². The zero-order valence-electron chi connectivity index (χ0n) is 3.55. The summed E-state index contributed by atoms with van der Waals surface area (Å²) in [5.74, 6) is 0. The van der Waals surface area contributed by atoms with Gasteiger partial charge in [0.25, 0.3) is 0 Å². The lowest BCUT2D eigenvalue weighted by Crippen LogP contribution is -2.13. The summed E-state index contributed by atoms with van der Waals surface area (Å²) in [4.78, 5) is 10.3. The Morgan fingerprint density at radius 2 is 2.71 bits per heavy atom. The second-order valence-electron chi connectivity index (χ2n) is 1.22. The maximum atomic E-state index is 10.3. The van der Waals surface area contributed by atoms with E-state index in [1.54, 1.807) is 0 Å². The van der Waals surface area contributed by atoms with Crippen LogP contribution in [0.25, 0.3) is 0 Å². The molecule has 0 saturated carbocycles. The minimum Gasteiger partial charge on any atom is -0.289 e. The normalized spacial score (nSPS) is 31.6. The summed E-state index contributed by atoms with van der Waals surface area (Å²) in [7, 11) is 0. The zero-order chi connectivity index (χ0) is 5.28. The standard InChI is InChI=1S/C3H5NOS2/c5-2-1-4-3(6)7-2/h3-4,6H,1H2. The average Bonchev–Trinajstić information content (AvgIpc) is 1.87. The number of carbonyl (C=O) groups excluding carboxylic acids is 1. The molecule has 1 N–H and O–H groups in total. The summed E-state index contributed by atoms with van der Waals surface area (Å²) in [6.07, 6.45) is 0. The zero-order valence-corrected chi connectivity index (χ0v) is 5.26. The monoisotopic (exact) mass is 135 g/mol. The van der Waals surface area contributed by atoms with E-state index in [9.17, 15) is 4.79 Å². The Bertz CT molecular complexity index is 94.9. The third-order valence-electron chi connectivity index (χ3n) is 0.664. The third kappa shape index (κ3) is 1.36. The summed E-state index contributed by atoms with van der Waals surface area (Å²) in [5.41, 5.74) is 0. The molecule has 0 aromatic rings. The van der Waals surface area contributed by atoms with Crippen LogP contribution in [0.5, 0.6) is 0 Å². The molecule has 1 fully saturated rings. The van der Waals surface area contributed by atoms with Gasteiger partial charge in [0.1, 0.15) is 4.71 Å². The van der Waals surface area contributed by atoms with Gasteiger partial charge in [-0.3, -0.25) is 10.1 Å². The highest BCUT2D eigenvalue weighted by molar-refractivity contribution is 8.21. The summed E-state index contributed by atoms with van der Waals surface area (Å²) in [5, 5.41) is 3.03. The maximum absolute atomic E-state index is 10.3. The largest absolute Gasteiger partial charge is 0.289 e. The van der Waals surface area contributed by atoms with E-state index in [1.807, 2.05) is 0 Å². The number of hydrogen-bond acceptors (Lipinski definition) is 4. The van der Waals surface area contributed by atoms with Gasteiger partial charge in [-0.2, -0.15) is 0 Å². The number of thiol groups is 1. The van der Waals surface area contributed by atoms with Crippen molar-refractivity contribution in [1.82, 2.24) is 5.32 Å². The van der Waals surface area contributed by atoms with E-state index in [4.69, 9.17) is 0 Å². The summed E-state index contributed by atoms with van der Waals surface area (Å²) < 4.78 is 0.0347. The molecule has 1 heterocycles. The van der Waals surface area contributed by atoms with Crippen molar-refractivity contribution in [2.45, 2.75) is 4.71 Å². The molecule has 0 radical (unpaired) electrons. The van der Waals surface area contributed by atoms with Crippen LogP contribution in [0.4, 0.5) is 0 Å². The Morgan fingerprint density at radius 3 is 2.86 bits per heavy atom. The lowest BCUT2D eigenvalue weighted by atomic mass is 10.7. The van der Waals surface area contributed by atoms with Crippen molar-refractivity contribution in [3.05, 3.63) is 0 Å². The van der Waals surface area contributed by atoms with Crippen molar-refractivity contribution >= 4 is 29.5 Å². The molecule has 1 aliphatic rings. The predicted molar refractivity (Wildman–Crippen MR) is 33.4 cm³/mol. The predicted octanol–water partition coefficient (Wildman–Crippen LogP) is 0.0628. The first-order valence-electron chi connectivity index (χ1n) is 1.90. The van der Waals surface area contributed by atoms with Crippen LogP contribution in [0.3, 0.4) is 0 Å². The molecule has 1 rings (SSSR count). The van der Waals surface area contributed by atoms with Crippen LogP contribution in [-0.4, -0.2) is 16.4 Å². The number of rotatable bonds is 0. The van der Waals surface area contributed by atoms with Gasteiger partial charge in [0, 0.05) is 0 Å². The Morgan fingerprint density at radius 1 is 2.00 bits per heavy atom. The molecule has 1 atom stereocenters. The SMILES string of the molecule is O=C1CNC(S)S1. The molecule has 1 aliphatic heterocycles. The second-order valence-corrected chi connectivity index (χ2v) is 3.25. The molecule has 4 heteroatoms. The number of thioether (sulfide) groups is 1. The van der Waals surface area contributed by atoms with Gasteiger partial charge in [0.15, 0.2) is 0 Å². The highest BCUT2D eigenvalue weighted by Crippen LogP contribution is 2.17. The van der Waals surface area contributed by atoms with Crippen molar-refractivity contribution < 1.29 is 4.79 Å². The fourth-order valence-electron chi connectivity index (χ4n) is 0.378. The fraction of sp³-hybridized carbons (Fsp3) is 0.667. The van der Waals surface area contributed by atoms with E-state index in [2.05, 4.69) is 17.9 Å². The summed E-state index contributed by atoms with van der Waals surface area (Å²) in [6, 6.07) is 0. The molecule has 0 aromatic heterocycles. The van der Waals surface area contributed by atoms with Crippen LogP contribution < -0.4 is 5.32 Å². The summed E-state index contributed by atoms with van der Waals surface area (Å²) >= 11 is 5.22. The van der Waals surface area contributed by atoms with Gasteiger partial charge in [-0.05, 0) is 0 Å². The van der Waals surface area contributed by atoms with Crippen LogP contribution in [0.1, 0.15) is 0 Å². The fourth-order valence-corrected chi connectivity index (χ4v) is 1.40. The second kappa shape index (κ2) is 2.07. The van der Waals surface area contributed by atoms with E-state index in [0.29, 0.717) is 6.54 Å². The highest BCUT2D eigenvalue weighted by Gasteiger charge is 2.17. The molecular weight excluding hydrogens is 130 g/mol. The molecule has 0 amide bonds. The quantitative estimate of drug-likeness (QED) is 0.460.